The predicted molar refractivity (Wildman–Crippen MR) is 115 cm³/mol. The van der Waals surface area contributed by atoms with Gasteiger partial charge in [-0.05, 0) is 44.0 Å². The Morgan fingerprint density at radius 1 is 1.31 bits per heavy atom. The molecule has 1 amide bonds. The van der Waals surface area contributed by atoms with Crippen molar-refractivity contribution in [3.05, 3.63) is 64.4 Å². The van der Waals surface area contributed by atoms with Gasteiger partial charge in [0.15, 0.2) is 5.13 Å². The van der Waals surface area contributed by atoms with E-state index in [2.05, 4.69) is 16.4 Å². The second-order valence-electron chi connectivity index (χ2n) is 7.28. The summed E-state index contributed by atoms with van der Waals surface area (Å²) in [5.41, 5.74) is 4.53. The lowest BCUT2D eigenvalue weighted by Gasteiger charge is -2.19. The van der Waals surface area contributed by atoms with E-state index in [1.54, 1.807) is 24.6 Å². The molecular weight excluding hydrogens is 384 g/mol. The summed E-state index contributed by atoms with van der Waals surface area (Å²) in [5.74, 6) is 0.887. The second kappa shape index (κ2) is 8.21. The molecule has 1 aliphatic rings. The topological polar surface area (TPSA) is 67.3 Å². The number of aromatic nitrogens is 2. The quantitative estimate of drug-likeness (QED) is 0.671. The Balaban J connectivity index is 1.52. The Hall–Kier alpha value is -2.93. The number of thiazole rings is 1. The molecule has 1 N–H and O–H groups in total. The first kappa shape index (κ1) is 19.4. The maximum Gasteiger partial charge on any atom is 0.257 e. The first-order valence-electron chi connectivity index (χ1n) is 9.63. The Bertz CT molecular complexity index is 1020. The van der Waals surface area contributed by atoms with Crippen LogP contribution in [-0.2, 0) is 0 Å². The van der Waals surface area contributed by atoms with Gasteiger partial charge in [0, 0.05) is 47.7 Å². The van der Waals surface area contributed by atoms with E-state index in [4.69, 9.17) is 9.72 Å². The van der Waals surface area contributed by atoms with Gasteiger partial charge in [0.25, 0.3) is 5.91 Å². The van der Waals surface area contributed by atoms with Crippen LogP contribution in [0.3, 0.4) is 0 Å². The SMILES string of the molecule is COc1c(C)cccc1C(=O)N1CCC(c2cc(Nc3nccs3)cc(C)n2)C1. The monoisotopic (exact) mass is 408 g/mol. The standard InChI is InChI=1S/C22H24N4O2S/c1-14-5-4-6-18(20(14)28-3)21(27)26-9-7-16(13-26)19-12-17(11-15(2)24-19)25-22-23-8-10-29-22/h4-6,8,10-12,16H,7,9,13H2,1-3H3,(H,23,24,25). The number of nitrogens with zero attached hydrogens (tertiary/aromatic N) is 3. The van der Waals surface area contributed by atoms with Gasteiger partial charge in [0.1, 0.15) is 5.75 Å². The van der Waals surface area contributed by atoms with Crippen LogP contribution < -0.4 is 10.1 Å². The number of hydrogen-bond donors (Lipinski definition) is 1. The number of methoxy groups -OCH3 is 1. The summed E-state index contributed by atoms with van der Waals surface area (Å²) in [6.45, 7) is 5.32. The van der Waals surface area contributed by atoms with Crippen LogP contribution >= 0.6 is 11.3 Å². The number of pyridine rings is 1. The highest BCUT2D eigenvalue weighted by atomic mass is 32.1. The van der Waals surface area contributed by atoms with Gasteiger partial charge in [-0.2, -0.15) is 0 Å². The number of anilines is 2. The Kier molecular flexibility index (Phi) is 5.49. The smallest absolute Gasteiger partial charge is 0.257 e. The molecule has 1 fully saturated rings. The molecule has 0 saturated carbocycles. The lowest BCUT2D eigenvalue weighted by Crippen LogP contribution is -2.29. The number of benzene rings is 1. The molecule has 1 aromatic carbocycles. The van der Waals surface area contributed by atoms with Gasteiger partial charge in [0.2, 0.25) is 0 Å². The minimum atomic E-state index is 0.0156. The Morgan fingerprint density at radius 3 is 2.93 bits per heavy atom. The molecule has 150 valence electrons. The van der Waals surface area contributed by atoms with Gasteiger partial charge in [0.05, 0.1) is 12.7 Å². The van der Waals surface area contributed by atoms with Gasteiger partial charge in [-0.15, -0.1) is 11.3 Å². The van der Waals surface area contributed by atoms with Gasteiger partial charge in [-0.1, -0.05) is 12.1 Å². The van der Waals surface area contributed by atoms with Crippen LogP contribution in [0.5, 0.6) is 5.75 Å². The molecule has 0 bridgehead atoms. The maximum atomic E-state index is 13.1. The van der Waals surface area contributed by atoms with E-state index < -0.39 is 0 Å². The molecule has 0 radical (unpaired) electrons. The fraction of sp³-hybridized carbons (Fsp3) is 0.318. The summed E-state index contributed by atoms with van der Waals surface area (Å²) >= 11 is 1.56. The van der Waals surface area contributed by atoms with E-state index in [9.17, 15) is 4.79 Å². The van der Waals surface area contributed by atoms with E-state index in [0.717, 1.165) is 34.2 Å². The number of carbonyl (C=O) groups excluding carboxylic acids is 1. The summed E-state index contributed by atoms with van der Waals surface area (Å²) in [6, 6.07) is 9.77. The van der Waals surface area contributed by atoms with Crippen molar-refractivity contribution >= 4 is 28.1 Å². The molecule has 1 atom stereocenters. The molecule has 2 aromatic heterocycles. The summed E-state index contributed by atoms with van der Waals surface area (Å²) in [5, 5.41) is 6.14. The molecule has 7 heteroatoms. The van der Waals surface area contributed by atoms with Gasteiger partial charge in [-0.3, -0.25) is 9.78 Å². The van der Waals surface area contributed by atoms with E-state index in [1.807, 2.05) is 48.4 Å². The molecule has 3 aromatic rings. The van der Waals surface area contributed by atoms with Crippen LogP contribution in [0.4, 0.5) is 10.8 Å². The first-order valence-corrected chi connectivity index (χ1v) is 10.5. The molecule has 6 nitrogen and oxygen atoms in total. The third-order valence-electron chi connectivity index (χ3n) is 5.20. The fourth-order valence-corrected chi connectivity index (χ4v) is 4.38. The number of rotatable bonds is 5. The maximum absolute atomic E-state index is 13.1. The van der Waals surface area contributed by atoms with Crippen LogP contribution in [-0.4, -0.2) is 41.0 Å². The molecule has 3 heterocycles. The van der Waals surface area contributed by atoms with Crippen molar-refractivity contribution in [1.29, 1.82) is 0 Å². The molecular formula is C22H24N4O2S. The van der Waals surface area contributed by atoms with Crippen molar-refractivity contribution in [2.24, 2.45) is 0 Å². The molecule has 0 aliphatic carbocycles. The molecule has 4 rings (SSSR count). The van der Waals surface area contributed by atoms with Gasteiger partial charge in [-0.25, -0.2) is 4.98 Å². The minimum Gasteiger partial charge on any atom is -0.496 e. The van der Waals surface area contributed by atoms with Crippen molar-refractivity contribution in [3.8, 4) is 5.75 Å². The number of likely N-dealkylation sites (tertiary alicyclic amines) is 1. The zero-order valence-electron chi connectivity index (χ0n) is 16.8. The number of carbonyl (C=O) groups is 1. The highest BCUT2D eigenvalue weighted by Crippen LogP contribution is 2.32. The van der Waals surface area contributed by atoms with E-state index in [-0.39, 0.29) is 11.8 Å². The van der Waals surface area contributed by atoms with Crippen molar-refractivity contribution < 1.29 is 9.53 Å². The number of nitrogens with one attached hydrogen (secondary N) is 1. The van der Waals surface area contributed by atoms with Crippen LogP contribution in [0, 0.1) is 13.8 Å². The zero-order chi connectivity index (χ0) is 20.4. The van der Waals surface area contributed by atoms with Crippen LogP contribution in [0.15, 0.2) is 41.9 Å². The van der Waals surface area contributed by atoms with Crippen molar-refractivity contribution in [1.82, 2.24) is 14.9 Å². The van der Waals surface area contributed by atoms with Crippen LogP contribution in [0.2, 0.25) is 0 Å². The third kappa shape index (κ3) is 4.10. The average molecular weight is 409 g/mol. The van der Waals surface area contributed by atoms with Gasteiger partial charge < -0.3 is 15.0 Å². The number of para-hydroxylation sites is 1. The number of ether oxygens (including phenoxy) is 1. The lowest BCUT2D eigenvalue weighted by atomic mass is 10.0. The highest BCUT2D eigenvalue weighted by molar-refractivity contribution is 7.13. The predicted octanol–water partition coefficient (Wildman–Crippen LogP) is 4.54. The van der Waals surface area contributed by atoms with Crippen molar-refractivity contribution in [2.75, 3.05) is 25.5 Å². The number of hydrogen-bond acceptors (Lipinski definition) is 6. The normalized spacial score (nSPS) is 16.1. The highest BCUT2D eigenvalue weighted by Gasteiger charge is 2.30. The van der Waals surface area contributed by atoms with Crippen molar-refractivity contribution in [3.63, 3.8) is 0 Å². The minimum absolute atomic E-state index is 0.0156. The molecule has 1 unspecified atom stereocenters. The van der Waals surface area contributed by atoms with Crippen LogP contribution in [0.25, 0.3) is 0 Å². The first-order chi connectivity index (χ1) is 14.0. The van der Waals surface area contributed by atoms with E-state index in [1.165, 1.54) is 0 Å². The molecule has 1 aliphatic heterocycles. The number of amides is 1. The summed E-state index contributed by atoms with van der Waals surface area (Å²) in [6.07, 6.45) is 2.68. The summed E-state index contributed by atoms with van der Waals surface area (Å²) < 4.78 is 5.48. The lowest BCUT2D eigenvalue weighted by molar-refractivity contribution is 0.0787. The summed E-state index contributed by atoms with van der Waals surface area (Å²) in [7, 11) is 1.61. The van der Waals surface area contributed by atoms with Gasteiger partial charge >= 0.3 is 0 Å². The zero-order valence-corrected chi connectivity index (χ0v) is 17.6. The summed E-state index contributed by atoms with van der Waals surface area (Å²) in [4.78, 5) is 24.0. The fourth-order valence-electron chi connectivity index (χ4n) is 3.83. The second-order valence-corrected chi connectivity index (χ2v) is 8.17. The average Bonchev–Trinajstić information content (AvgIpc) is 3.39. The van der Waals surface area contributed by atoms with Crippen LogP contribution in [0.1, 0.15) is 39.6 Å². The van der Waals surface area contributed by atoms with Crippen molar-refractivity contribution in [2.45, 2.75) is 26.2 Å². The molecule has 0 spiro atoms. The van der Waals surface area contributed by atoms with E-state index in [0.29, 0.717) is 24.4 Å². The Labute approximate surface area is 174 Å². The molecule has 1 saturated heterocycles. The Morgan fingerprint density at radius 2 is 2.17 bits per heavy atom. The molecule has 29 heavy (non-hydrogen) atoms. The third-order valence-corrected chi connectivity index (χ3v) is 5.89. The number of aryl methyl sites for hydroxylation is 2. The largest absolute Gasteiger partial charge is 0.496 e. The van der Waals surface area contributed by atoms with E-state index >= 15 is 0 Å².